The first-order valence-electron chi connectivity index (χ1n) is 5.05. The Kier molecular flexibility index (Phi) is 1.68. The van der Waals surface area contributed by atoms with E-state index in [2.05, 4.69) is 20.2 Å². The molecule has 2 aromatic heterocycles. The van der Waals surface area contributed by atoms with Crippen LogP contribution < -0.4 is 10.6 Å². The van der Waals surface area contributed by atoms with Gasteiger partial charge in [0.2, 0.25) is 0 Å². The Morgan fingerprint density at radius 3 is 3.06 bits per heavy atom. The van der Waals surface area contributed by atoms with Gasteiger partial charge in [0.15, 0.2) is 0 Å². The van der Waals surface area contributed by atoms with Gasteiger partial charge in [-0.3, -0.25) is 0 Å². The number of hydrogen-bond acceptors (Lipinski definition) is 5. The smallest absolute Gasteiger partial charge is 0.149 e. The van der Waals surface area contributed by atoms with Crippen LogP contribution in [-0.4, -0.2) is 27.0 Å². The molecule has 0 fully saturated rings. The zero-order chi connectivity index (χ0) is 11.3. The van der Waals surface area contributed by atoms with Crippen molar-refractivity contribution < 1.29 is 0 Å². The van der Waals surface area contributed by atoms with E-state index in [1.165, 1.54) is 0 Å². The van der Waals surface area contributed by atoms with Gasteiger partial charge in [0, 0.05) is 13.2 Å². The van der Waals surface area contributed by atoms with Crippen LogP contribution in [0.25, 0.3) is 5.69 Å². The Labute approximate surface area is 92.7 Å². The van der Waals surface area contributed by atoms with Gasteiger partial charge in [0.1, 0.15) is 11.5 Å². The van der Waals surface area contributed by atoms with Crippen molar-refractivity contribution in [3.05, 3.63) is 23.7 Å². The predicted molar refractivity (Wildman–Crippen MR) is 60.4 cm³/mol. The van der Waals surface area contributed by atoms with Gasteiger partial charge in [-0.15, -0.1) is 5.10 Å². The van der Waals surface area contributed by atoms with E-state index in [9.17, 15) is 0 Å². The summed E-state index contributed by atoms with van der Waals surface area (Å²) >= 11 is 0. The SMILES string of the molecule is Cc1nnn2c1CN(C)c1c-2ccnc1N. The predicted octanol–water partition coefficient (Wildman–Crippen LogP) is 0.503. The van der Waals surface area contributed by atoms with Crippen LogP contribution in [0, 0.1) is 6.92 Å². The molecule has 6 heteroatoms. The number of nitrogens with zero attached hydrogens (tertiary/aromatic N) is 5. The Balaban J connectivity index is 2.33. The average molecular weight is 216 g/mol. The highest BCUT2D eigenvalue weighted by Crippen LogP contribution is 2.34. The minimum absolute atomic E-state index is 0.527. The molecule has 0 bridgehead atoms. The summed E-state index contributed by atoms with van der Waals surface area (Å²) in [7, 11) is 1.99. The summed E-state index contributed by atoms with van der Waals surface area (Å²) in [6.45, 7) is 2.71. The number of hydrogen-bond donors (Lipinski definition) is 1. The average Bonchev–Trinajstić information content (AvgIpc) is 2.61. The summed E-state index contributed by atoms with van der Waals surface area (Å²) in [5.41, 5.74) is 9.79. The molecule has 0 aliphatic carbocycles. The van der Waals surface area contributed by atoms with Crippen molar-refractivity contribution >= 4 is 11.5 Å². The second-order valence-corrected chi connectivity index (χ2v) is 3.95. The molecule has 1 aliphatic rings. The van der Waals surface area contributed by atoms with Crippen molar-refractivity contribution in [2.45, 2.75) is 13.5 Å². The van der Waals surface area contributed by atoms with E-state index >= 15 is 0 Å². The molecule has 0 saturated heterocycles. The van der Waals surface area contributed by atoms with E-state index in [1.807, 2.05) is 24.7 Å². The lowest BCUT2D eigenvalue weighted by Gasteiger charge is -2.28. The number of fused-ring (bicyclic) bond motifs is 3. The molecule has 0 saturated carbocycles. The first-order chi connectivity index (χ1) is 7.68. The highest BCUT2D eigenvalue weighted by atomic mass is 15.5. The summed E-state index contributed by atoms with van der Waals surface area (Å²) < 4.78 is 1.84. The van der Waals surface area contributed by atoms with Gasteiger partial charge < -0.3 is 10.6 Å². The van der Waals surface area contributed by atoms with Crippen LogP contribution in [0.4, 0.5) is 11.5 Å². The minimum Gasteiger partial charge on any atom is -0.382 e. The van der Waals surface area contributed by atoms with Gasteiger partial charge in [0.05, 0.1) is 23.6 Å². The number of aromatic nitrogens is 4. The topological polar surface area (TPSA) is 72.9 Å². The Morgan fingerprint density at radius 1 is 1.44 bits per heavy atom. The lowest BCUT2D eigenvalue weighted by atomic mass is 10.2. The second kappa shape index (κ2) is 2.94. The van der Waals surface area contributed by atoms with Crippen LogP contribution in [0.5, 0.6) is 0 Å². The van der Waals surface area contributed by atoms with Crippen molar-refractivity contribution in [3.63, 3.8) is 0 Å². The first kappa shape index (κ1) is 9.14. The van der Waals surface area contributed by atoms with E-state index in [-0.39, 0.29) is 0 Å². The summed E-state index contributed by atoms with van der Waals surface area (Å²) in [5, 5.41) is 8.22. The highest BCUT2D eigenvalue weighted by Gasteiger charge is 2.24. The van der Waals surface area contributed by atoms with Crippen LogP contribution >= 0.6 is 0 Å². The summed E-state index contributed by atoms with van der Waals surface area (Å²) in [5.74, 6) is 0.527. The lowest BCUT2D eigenvalue weighted by Crippen LogP contribution is -2.27. The molecular formula is C10H12N6. The number of aryl methyl sites for hydroxylation is 1. The largest absolute Gasteiger partial charge is 0.382 e. The molecule has 0 amide bonds. The Hall–Kier alpha value is -2.11. The van der Waals surface area contributed by atoms with E-state index in [0.29, 0.717) is 5.82 Å². The molecule has 1 aliphatic heterocycles. The van der Waals surface area contributed by atoms with Gasteiger partial charge in [-0.25, -0.2) is 9.67 Å². The third-order valence-corrected chi connectivity index (χ3v) is 2.89. The number of rotatable bonds is 0. The van der Waals surface area contributed by atoms with Crippen LogP contribution in [0.3, 0.4) is 0 Å². The summed E-state index contributed by atoms with van der Waals surface area (Å²) in [4.78, 5) is 6.17. The van der Waals surface area contributed by atoms with E-state index < -0.39 is 0 Å². The normalized spacial score (nSPS) is 13.5. The molecule has 0 spiro atoms. The quantitative estimate of drug-likeness (QED) is 0.694. The van der Waals surface area contributed by atoms with Crippen molar-refractivity contribution in [2.75, 3.05) is 17.7 Å². The summed E-state index contributed by atoms with van der Waals surface area (Å²) in [6.07, 6.45) is 1.69. The Morgan fingerprint density at radius 2 is 2.25 bits per heavy atom. The third kappa shape index (κ3) is 1.04. The molecular weight excluding hydrogens is 204 g/mol. The van der Waals surface area contributed by atoms with Crippen molar-refractivity contribution in [2.24, 2.45) is 0 Å². The fraction of sp³-hybridized carbons (Fsp3) is 0.300. The van der Waals surface area contributed by atoms with Gasteiger partial charge in [-0.2, -0.15) is 0 Å². The van der Waals surface area contributed by atoms with Crippen LogP contribution in [0.1, 0.15) is 11.4 Å². The lowest BCUT2D eigenvalue weighted by molar-refractivity contribution is 0.715. The van der Waals surface area contributed by atoms with Crippen molar-refractivity contribution in [1.29, 1.82) is 0 Å². The summed E-state index contributed by atoms with van der Waals surface area (Å²) in [6, 6.07) is 1.90. The molecule has 0 unspecified atom stereocenters. The van der Waals surface area contributed by atoms with E-state index in [0.717, 1.165) is 29.3 Å². The zero-order valence-corrected chi connectivity index (χ0v) is 9.18. The molecule has 2 N–H and O–H groups in total. The van der Waals surface area contributed by atoms with Crippen LogP contribution in [0.2, 0.25) is 0 Å². The van der Waals surface area contributed by atoms with Gasteiger partial charge in [-0.05, 0) is 13.0 Å². The molecule has 3 rings (SSSR count). The maximum Gasteiger partial charge on any atom is 0.149 e. The first-order valence-corrected chi connectivity index (χ1v) is 5.05. The van der Waals surface area contributed by atoms with Crippen molar-refractivity contribution in [3.8, 4) is 5.69 Å². The maximum atomic E-state index is 5.88. The van der Waals surface area contributed by atoms with E-state index in [4.69, 9.17) is 5.73 Å². The molecule has 0 atom stereocenters. The molecule has 3 heterocycles. The molecule has 16 heavy (non-hydrogen) atoms. The monoisotopic (exact) mass is 216 g/mol. The molecule has 0 radical (unpaired) electrons. The standard InChI is InChI=1S/C10H12N6/c1-6-8-5-15(2)9-7(16(8)14-13-6)3-4-12-10(9)11/h3-4H,5H2,1-2H3,(H2,11,12). The van der Waals surface area contributed by atoms with Gasteiger partial charge in [-0.1, -0.05) is 5.21 Å². The Bertz CT molecular complexity index is 558. The van der Waals surface area contributed by atoms with E-state index in [1.54, 1.807) is 6.20 Å². The zero-order valence-electron chi connectivity index (χ0n) is 9.18. The number of nitrogen functional groups attached to an aromatic ring is 1. The third-order valence-electron chi connectivity index (χ3n) is 2.89. The fourth-order valence-corrected chi connectivity index (χ4v) is 2.08. The van der Waals surface area contributed by atoms with Crippen LogP contribution in [0.15, 0.2) is 12.3 Å². The van der Waals surface area contributed by atoms with Crippen molar-refractivity contribution in [1.82, 2.24) is 20.0 Å². The van der Waals surface area contributed by atoms with Gasteiger partial charge in [0.25, 0.3) is 0 Å². The number of pyridine rings is 1. The fourth-order valence-electron chi connectivity index (χ4n) is 2.08. The maximum absolute atomic E-state index is 5.88. The molecule has 0 aromatic carbocycles. The van der Waals surface area contributed by atoms with Crippen LogP contribution in [-0.2, 0) is 6.54 Å². The molecule has 6 nitrogen and oxygen atoms in total. The number of nitrogens with two attached hydrogens (primary N) is 1. The van der Waals surface area contributed by atoms with Gasteiger partial charge >= 0.3 is 0 Å². The highest BCUT2D eigenvalue weighted by molar-refractivity contribution is 5.75. The molecule has 82 valence electrons. The second-order valence-electron chi connectivity index (χ2n) is 3.95. The minimum atomic E-state index is 0.527. The molecule has 2 aromatic rings. The number of anilines is 2.